The lowest BCUT2D eigenvalue weighted by Gasteiger charge is -2.27. The van der Waals surface area contributed by atoms with Crippen LogP contribution in [0.3, 0.4) is 0 Å². The van der Waals surface area contributed by atoms with Crippen molar-refractivity contribution in [1.82, 2.24) is 10.2 Å². The number of sulfonamides is 1. The van der Waals surface area contributed by atoms with Gasteiger partial charge in [-0.05, 0) is 12.1 Å². The van der Waals surface area contributed by atoms with Crippen LogP contribution in [0.4, 0.5) is 10.1 Å². The van der Waals surface area contributed by atoms with Gasteiger partial charge in [0.1, 0.15) is 12.4 Å². The Morgan fingerprint density at radius 3 is 2.62 bits per heavy atom. The van der Waals surface area contributed by atoms with Gasteiger partial charge in [-0.1, -0.05) is 12.1 Å². The van der Waals surface area contributed by atoms with Crippen LogP contribution in [0.5, 0.6) is 0 Å². The fourth-order valence-corrected chi connectivity index (χ4v) is 3.26. The second-order valence-electron chi connectivity index (χ2n) is 5.53. The number of benzene rings is 1. The van der Waals surface area contributed by atoms with Crippen molar-refractivity contribution in [3.8, 4) is 0 Å². The molecule has 1 aromatic carbocycles. The first kappa shape index (κ1) is 18.6. The Labute approximate surface area is 141 Å². The number of nitrogens with one attached hydrogen (secondary N) is 1. The van der Waals surface area contributed by atoms with Crippen molar-refractivity contribution in [2.24, 2.45) is 0 Å². The molecule has 1 aromatic rings. The molecule has 134 valence electrons. The van der Waals surface area contributed by atoms with Gasteiger partial charge in [0.2, 0.25) is 15.9 Å². The molecule has 1 amide bonds. The molecule has 24 heavy (non-hydrogen) atoms. The van der Waals surface area contributed by atoms with Crippen molar-refractivity contribution in [2.45, 2.75) is 0 Å². The van der Waals surface area contributed by atoms with E-state index in [-0.39, 0.29) is 5.69 Å². The number of hydrogen-bond acceptors (Lipinski definition) is 5. The highest BCUT2D eigenvalue weighted by Gasteiger charge is 2.23. The van der Waals surface area contributed by atoms with Crippen LogP contribution in [0.15, 0.2) is 24.3 Å². The summed E-state index contributed by atoms with van der Waals surface area (Å²) in [5.41, 5.74) is -0.136. The average Bonchev–Trinajstić information content (AvgIpc) is 2.53. The maximum atomic E-state index is 13.9. The van der Waals surface area contributed by atoms with Crippen molar-refractivity contribution in [1.29, 1.82) is 0 Å². The lowest BCUT2D eigenvalue weighted by atomic mass is 10.3. The predicted octanol–water partition coefficient (Wildman–Crippen LogP) is 0.0401. The molecule has 1 saturated heterocycles. The minimum Gasteiger partial charge on any atom is -0.379 e. The Kier molecular flexibility index (Phi) is 6.52. The fraction of sp³-hybridized carbons (Fsp3) is 0.533. The average molecular weight is 359 g/mol. The van der Waals surface area contributed by atoms with Crippen molar-refractivity contribution in [3.63, 3.8) is 0 Å². The first-order chi connectivity index (χ1) is 11.4. The summed E-state index contributed by atoms with van der Waals surface area (Å²) in [4.78, 5) is 14.2. The Hall–Kier alpha value is -1.71. The zero-order valence-electron chi connectivity index (χ0n) is 13.6. The molecule has 2 rings (SSSR count). The molecule has 0 aliphatic carbocycles. The molecule has 0 spiro atoms. The fourth-order valence-electron chi connectivity index (χ4n) is 2.40. The Morgan fingerprint density at radius 1 is 1.33 bits per heavy atom. The SMILES string of the molecule is CS(=O)(=O)N(CC(=O)NCCN1CCOCC1)c1ccccc1F. The van der Waals surface area contributed by atoms with Crippen molar-refractivity contribution in [3.05, 3.63) is 30.1 Å². The first-order valence-electron chi connectivity index (χ1n) is 7.67. The van der Waals surface area contributed by atoms with Crippen LogP contribution in [0.2, 0.25) is 0 Å². The number of morpholine rings is 1. The van der Waals surface area contributed by atoms with Gasteiger partial charge in [-0.15, -0.1) is 0 Å². The third kappa shape index (κ3) is 5.43. The van der Waals surface area contributed by atoms with E-state index in [9.17, 15) is 17.6 Å². The summed E-state index contributed by atoms with van der Waals surface area (Å²) >= 11 is 0. The second-order valence-corrected chi connectivity index (χ2v) is 7.43. The van der Waals surface area contributed by atoms with Gasteiger partial charge in [-0.25, -0.2) is 12.8 Å². The van der Waals surface area contributed by atoms with Gasteiger partial charge in [0.25, 0.3) is 0 Å². The van der Waals surface area contributed by atoms with E-state index in [4.69, 9.17) is 4.74 Å². The highest BCUT2D eigenvalue weighted by molar-refractivity contribution is 7.92. The number of anilines is 1. The van der Waals surface area contributed by atoms with Gasteiger partial charge in [-0.3, -0.25) is 14.0 Å². The minimum atomic E-state index is -3.78. The van der Waals surface area contributed by atoms with E-state index >= 15 is 0 Å². The topological polar surface area (TPSA) is 79.0 Å². The molecule has 0 saturated carbocycles. The summed E-state index contributed by atoms with van der Waals surface area (Å²) in [7, 11) is -3.78. The van der Waals surface area contributed by atoms with Gasteiger partial charge in [0.05, 0.1) is 25.2 Å². The maximum absolute atomic E-state index is 13.9. The third-order valence-electron chi connectivity index (χ3n) is 3.66. The van der Waals surface area contributed by atoms with Gasteiger partial charge >= 0.3 is 0 Å². The maximum Gasteiger partial charge on any atom is 0.240 e. The number of carbonyl (C=O) groups is 1. The third-order valence-corrected chi connectivity index (χ3v) is 4.79. The molecule has 0 bridgehead atoms. The van der Waals surface area contributed by atoms with Crippen LogP contribution in [-0.4, -0.2) is 71.4 Å². The van der Waals surface area contributed by atoms with Crippen LogP contribution >= 0.6 is 0 Å². The summed E-state index contributed by atoms with van der Waals surface area (Å²) in [6.45, 7) is 3.55. The van der Waals surface area contributed by atoms with Crippen LogP contribution in [-0.2, 0) is 19.6 Å². The molecule has 1 heterocycles. The lowest BCUT2D eigenvalue weighted by Crippen LogP contribution is -2.44. The molecular formula is C15H22FN3O4S. The summed E-state index contributed by atoms with van der Waals surface area (Å²) in [5.74, 6) is -1.17. The Balaban J connectivity index is 1.92. The molecule has 0 atom stereocenters. The van der Waals surface area contributed by atoms with Crippen LogP contribution in [0.1, 0.15) is 0 Å². The van der Waals surface area contributed by atoms with Crippen molar-refractivity contribution in [2.75, 3.05) is 56.5 Å². The molecule has 1 aliphatic heterocycles. The molecule has 0 unspecified atom stereocenters. The van der Waals surface area contributed by atoms with Gasteiger partial charge < -0.3 is 10.1 Å². The summed E-state index contributed by atoms with van der Waals surface area (Å²) < 4.78 is 43.7. The number of para-hydroxylation sites is 1. The normalized spacial score (nSPS) is 15.9. The molecule has 9 heteroatoms. The van der Waals surface area contributed by atoms with Gasteiger partial charge in [-0.2, -0.15) is 0 Å². The van der Waals surface area contributed by atoms with E-state index in [1.54, 1.807) is 0 Å². The first-order valence-corrected chi connectivity index (χ1v) is 9.52. The lowest BCUT2D eigenvalue weighted by molar-refractivity contribution is -0.119. The largest absolute Gasteiger partial charge is 0.379 e. The van der Waals surface area contributed by atoms with E-state index in [1.807, 2.05) is 0 Å². The molecule has 0 aromatic heterocycles. The number of hydrogen-bond donors (Lipinski definition) is 1. The highest BCUT2D eigenvalue weighted by atomic mass is 32.2. The van der Waals surface area contributed by atoms with Gasteiger partial charge in [0, 0.05) is 26.2 Å². The zero-order chi connectivity index (χ0) is 17.6. The second kappa shape index (κ2) is 8.41. The molecule has 0 radical (unpaired) electrons. The molecule has 1 fully saturated rings. The Morgan fingerprint density at radius 2 is 2.00 bits per heavy atom. The minimum absolute atomic E-state index is 0.136. The predicted molar refractivity (Wildman–Crippen MR) is 88.9 cm³/mol. The summed E-state index contributed by atoms with van der Waals surface area (Å²) in [5, 5.41) is 2.67. The molecule has 1 aliphatic rings. The number of rotatable bonds is 7. The van der Waals surface area contributed by atoms with E-state index in [2.05, 4.69) is 10.2 Å². The smallest absolute Gasteiger partial charge is 0.240 e. The van der Waals surface area contributed by atoms with E-state index in [0.29, 0.717) is 26.3 Å². The van der Waals surface area contributed by atoms with E-state index < -0.39 is 28.3 Å². The summed E-state index contributed by atoms with van der Waals surface area (Å²) in [6, 6.07) is 5.47. The van der Waals surface area contributed by atoms with Gasteiger partial charge in [0.15, 0.2) is 0 Å². The zero-order valence-corrected chi connectivity index (χ0v) is 14.4. The summed E-state index contributed by atoms with van der Waals surface area (Å²) in [6.07, 6.45) is 0.945. The highest BCUT2D eigenvalue weighted by Crippen LogP contribution is 2.20. The monoisotopic (exact) mass is 359 g/mol. The number of carbonyl (C=O) groups excluding carboxylic acids is 1. The number of amides is 1. The van der Waals surface area contributed by atoms with E-state index in [0.717, 1.165) is 29.7 Å². The van der Waals surface area contributed by atoms with Crippen LogP contribution in [0, 0.1) is 5.82 Å². The molecular weight excluding hydrogens is 337 g/mol. The van der Waals surface area contributed by atoms with Crippen LogP contribution < -0.4 is 9.62 Å². The standard InChI is InChI=1S/C15H22FN3O4S/c1-24(21,22)19(14-5-3-2-4-13(14)16)12-15(20)17-6-7-18-8-10-23-11-9-18/h2-5H,6-12H2,1H3,(H,17,20). The molecule has 7 nitrogen and oxygen atoms in total. The quantitative estimate of drug-likeness (QED) is 0.744. The van der Waals surface area contributed by atoms with E-state index in [1.165, 1.54) is 18.2 Å². The molecule has 1 N–H and O–H groups in total. The van der Waals surface area contributed by atoms with Crippen LogP contribution in [0.25, 0.3) is 0 Å². The number of nitrogens with zero attached hydrogens (tertiary/aromatic N) is 2. The van der Waals surface area contributed by atoms with Crippen molar-refractivity contribution < 1.29 is 22.3 Å². The Bertz CT molecular complexity index is 662. The number of halogens is 1. The number of ether oxygens (including phenoxy) is 1. The van der Waals surface area contributed by atoms with Crippen molar-refractivity contribution >= 4 is 21.6 Å².